The van der Waals surface area contributed by atoms with Gasteiger partial charge in [0.15, 0.2) is 0 Å². The van der Waals surface area contributed by atoms with Gasteiger partial charge in [-0.25, -0.2) is 4.79 Å². The summed E-state index contributed by atoms with van der Waals surface area (Å²) in [6.45, 7) is 0.330. The lowest BCUT2D eigenvalue weighted by atomic mass is 10.2. The number of esters is 1. The van der Waals surface area contributed by atoms with E-state index in [2.05, 4.69) is 30.9 Å². The van der Waals surface area contributed by atoms with Crippen LogP contribution in [0.3, 0.4) is 0 Å². The molecule has 0 aliphatic heterocycles. The van der Waals surface area contributed by atoms with E-state index in [0.717, 1.165) is 26.9 Å². The zero-order valence-corrected chi connectivity index (χ0v) is 20.5. The average molecular weight is 525 g/mol. The first-order valence-corrected chi connectivity index (χ1v) is 11.9. The Kier molecular flexibility index (Phi) is 8.41. The number of phenols is 1. The van der Waals surface area contributed by atoms with E-state index < -0.39 is 25.3 Å². The Morgan fingerprint density at radius 3 is 2.54 bits per heavy atom. The topological polar surface area (TPSA) is 167 Å². The normalized spacial score (nSPS) is 12.1. The minimum Gasteiger partial charge on any atom is -0.508 e. The van der Waals surface area contributed by atoms with Crippen LogP contribution in [0.2, 0.25) is 5.02 Å². The molecule has 0 spiro atoms. The molecular formula is C20H22ClN6O7P. The molecule has 13 nitrogen and oxygen atoms in total. The molecule has 0 radical (unpaired) electrons. The van der Waals surface area contributed by atoms with Gasteiger partial charge in [0.05, 0.1) is 23.4 Å². The lowest BCUT2D eigenvalue weighted by Crippen LogP contribution is -2.42. The highest BCUT2D eigenvalue weighted by atomic mass is 35.5. The van der Waals surface area contributed by atoms with Gasteiger partial charge >= 0.3 is 13.6 Å². The van der Waals surface area contributed by atoms with E-state index in [0.29, 0.717) is 12.2 Å². The number of rotatable bonds is 10. The fourth-order valence-corrected chi connectivity index (χ4v) is 4.47. The van der Waals surface area contributed by atoms with Gasteiger partial charge in [-0.2, -0.15) is 4.68 Å². The first-order chi connectivity index (χ1) is 16.7. The maximum atomic E-state index is 12.8. The molecule has 0 saturated heterocycles. The number of benzene rings is 2. The van der Waals surface area contributed by atoms with Crippen LogP contribution in [0.4, 0.5) is 5.95 Å². The van der Waals surface area contributed by atoms with Crippen molar-refractivity contribution in [3.63, 3.8) is 0 Å². The monoisotopic (exact) mass is 524 g/mol. The molecule has 0 bridgehead atoms. The van der Waals surface area contributed by atoms with Crippen LogP contribution < -0.4 is 10.6 Å². The highest BCUT2D eigenvalue weighted by Crippen LogP contribution is 2.51. The zero-order chi connectivity index (χ0) is 25.6. The van der Waals surface area contributed by atoms with Gasteiger partial charge in [0.1, 0.15) is 5.75 Å². The van der Waals surface area contributed by atoms with Gasteiger partial charge < -0.3 is 29.5 Å². The molecule has 0 fully saturated rings. The van der Waals surface area contributed by atoms with E-state index in [9.17, 15) is 19.3 Å². The van der Waals surface area contributed by atoms with Gasteiger partial charge in [-0.15, -0.1) is 0 Å². The van der Waals surface area contributed by atoms with E-state index in [1.54, 1.807) is 18.2 Å². The number of nitrogens with zero attached hydrogens (tertiary/aromatic N) is 4. The second-order valence-electron chi connectivity index (χ2n) is 6.91. The van der Waals surface area contributed by atoms with Crippen molar-refractivity contribution in [1.82, 2.24) is 25.5 Å². The van der Waals surface area contributed by atoms with Gasteiger partial charge in [-0.05, 0) is 46.3 Å². The minimum atomic E-state index is -4.05. The Morgan fingerprint density at radius 1 is 1.17 bits per heavy atom. The first-order valence-electron chi connectivity index (χ1n) is 9.92. The number of phenolic OH excluding ortho intramolecular Hbond substituents is 1. The fourth-order valence-electron chi connectivity index (χ4n) is 3.00. The molecule has 3 rings (SSSR count). The maximum Gasteiger partial charge on any atom is 0.363 e. The number of tetrazole rings is 1. The molecular weight excluding hydrogens is 503 g/mol. The van der Waals surface area contributed by atoms with Crippen LogP contribution in [0.25, 0.3) is 5.69 Å². The van der Waals surface area contributed by atoms with Crippen molar-refractivity contribution in [3.05, 3.63) is 58.6 Å². The Bertz CT molecular complexity index is 1260. The third-order valence-corrected chi connectivity index (χ3v) is 7.09. The smallest absolute Gasteiger partial charge is 0.363 e. The second kappa shape index (κ2) is 11.3. The lowest BCUT2D eigenvalue weighted by molar-refractivity contribution is -0.141. The summed E-state index contributed by atoms with van der Waals surface area (Å²) in [6, 6.07) is 11.0. The summed E-state index contributed by atoms with van der Waals surface area (Å²) < 4.78 is 28.3. The van der Waals surface area contributed by atoms with Crippen molar-refractivity contribution in [3.8, 4) is 11.4 Å². The Balaban J connectivity index is 1.80. The van der Waals surface area contributed by atoms with Gasteiger partial charge in [0.25, 0.3) is 5.91 Å². The number of hydrogen-bond acceptors (Lipinski definition) is 11. The number of amides is 1. The Labute approximate surface area is 204 Å². The van der Waals surface area contributed by atoms with Crippen molar-refractivity contribution in [2.75, 3.05) is 26.6 Å². The van der Waals surface area contributed by atoms with Crippen molar-refractivity contribution >= 4 is 37.0 Å². The molecule has 0 saturated carbocycles. The number of carbonyl (C=O) groups is 2. The van der Waals surface area contributed by atoms with Gasteiger partial charge in [0.2, 0.25) is 11.7 Å². The van der Waals surface area contributed by atoms with E-state index in [-0.39, 0.29) is 22.3 Å². The number of nitrogens with one attached hydrogen (secondary N) is 2. The zero-order valence-electron chi connectivity index (χ0n) is 18.8. The molecule has 2 aromatic carbocycles. The standard InChI is InChI=1S/C20H22ClN6O7P/c1-32-19(30)18(35(31,33-2)34-3)23-17(29)15-8-7-13(10-16(15)21)27-20(24-25-26-27)22-11-12-5-4-6-14(28)9-12/h4-10,18,28H,11H2,1-3H3,(H,23,29)(H,22,24,26). The van der Waals surface area contributed by atoms with Crippen molar-refractivity contribution in [1.29, 1.82) is 0 Å². The van der Waals surface area contributed by atoms with Crippen LogP contribution in [0, 0.1) is 0 Å². The second-order valence-corrected chi connectivity index (χ2v) is 9.64. The number of carbonyl (C=O) groups excluding carboxylic acids is 2. The Hall–Kier alpha value is -3.51. The number of aromatic hydroxyl groups is 1. The van der Waals surface area contributed by atoms with Crippen molar-refractivity contribution in [2.24, 2.45) is 0 Å². The molecule has 1 atom stereocenters. The highest BCUT2D eigenvalue weighted by Gasteiger charge is 2.42. The number of hydrogen-bond donors (Lipinski definition) is 3. The number of anilines is 1. The largest absolute Gasteiger partial charge is 0.508 e. The summed E-state index contributed by atoms with van der Waals surface area (Å²) in [6.07, 6.45) is 0. The van der Waals surface area contributed by atoms with Gasteiger partial charge in [-0.1, -0.05) is 28.8 Å². The first kappa shape index (κ1) is 26.1. The number of aromatic nitrogens is 4. The van der Waals surface area contributed by atoms with Crippen LogP contribution >= 0.6 is 19.2 Å². The molecule has 15 heteroatoms. The predicted molar refractivity (Wildman–Crippen MR) is 124 cm³/mol. The van der Waals surface area contributed by atoms with E-state index in [1.165, 1.54) is 22.9 Å². The number of methoxy groups -OCH3 is 1. The summed E-state index contributed by atoms with van der Waals surface area (Å²) in [5.74, 6) is -3.13. The summed E-state index contributed by atoms with van der Waals surface area (Å²) in [5, 5.41) is 26.4. The summed E-state index contributed by atoms with van der Waals surface area (Å²) in [5.41, 5.74) is 1.21. The van der Waals surface area contributed by atoms with Crippen molar-refractivity contribution < 1.29 is 33.0 Å². The van der Waals surface area contributed by atoms with E-state index >= 15 is 0 Å². The number of halogens is 1. The third-order valence-electron chi connectivity index (χ3n) is 4.79. The van der Waals surface area contributed by atoms with Gasteiger partial charge in [0, 0.05) is 20.8 Å². The molecule has 186 valence electrons. The van der Waals surface area contributed by atoms with Crippen molar-refractivity contribution in [2.45, 2.75) is 12.3 Å². The summed E-state index contributed by atoms with van der Waals surface area (Å²) in [4.78, 5) is 24.9. The molecule has 1 heterocycles. The molecule has 3 N–H and O–H groups in total. The molecule has 0 aliphatic carbocycles. The third kappa shape index (κ3) is 5.95. The number of ether oxygens (including phenoxy) is 1. The van der Waals surface area contributed by atoms with Crippen LogP contribution in [0.5, 0.6) is 5.75 Å². The van der Waals surface area contributed by atoms with Gasteiger partial charge in [-0.3, -0.25) is 9.36 Å². The van der Waals surface area contributed by atoms with Crippen LogP contribution in [-0.4, -0.2) is 64.3 Å². The lowest BCUT2D eigenvalue weighted by Gasteiger charge is -2.23. The van der Waals surface area contributed by atoms with E-state index in [1.807, 2.05) is 6.07 Å². The molecule has 3 aromatic rings. The van der Waals surface area contributed by atoms with Crippen LogP contribution in [0.1, 0.15) is 15.9 Å². The Morgan fingerprint density at radius 2 is 1.91 bits per heavy atom. The quantitative estimate of drug-likeness (QED) is 0.263. The highest BCUT2D eigenvalue weighted by molar-refractivity contribution is 7.55. The summed E-state index contributed by atoms with van der Waals surface area (Å²) in [7, 11) is -0.831. The predicted octanol–water partition coefficient (Wildman–Crippen LogP) is 2.35. The molecule has 1 unspecified atom stereocenters. The van der Waals surface area contributed by atoms with Crippen LogP contribution in [-0.2, 0) is 29.7 Å². The molecule has 0 aliphatic rings. The minimum absolute atomic E-state index is 0.00251. The SMILES string of the molecule is COC(=O)C(NC(=O)c1ccc(-n2nnnc2NCc2cccc(O)c2)cc1Cl)P(=O)(OC)OC. The summed E-state index contributed by atoms with van der Waals surface area (Å²) >= 11 is 6.32. The van der Waals surface area contributed by atoms with Crippen LogP contribution in [0.15, 0.2) is 42.5 Å². The fraction of sp³-hybridized carbons (Fsp3) is 0.250. The molecule has 1 amide bonds. The van der Waals surface area contributed by atoms with E-state index in [4.69, 9.17) is 20.6 Å². The molecule has 1 aromatic heterocycles. The average Bonchev–Trinajstić information content (AvgIpc) is 3.33. The maximum absolute atomic E-state index is 12.8. The molecule has 35 heavy (non-hydrogen) atoms.